The second-order valence-electron chi connectivity index (χ2n) is 6.49. The van der Waals surface area contributed by atoms with Gasteiger partial charge in [0.05, 0.1) is 5.75 Å². The van der Waals surface area contributed by atoms with Gasteiger partial charge in [-0.2, -0.15) is 0 Å². The first-order valence-corrected chi connectivity index (χ1v) is 8.37. The summed E-state index contributed by atoms with van der Waals surface area (Å²) in [5.41, 5.74) is 1.79. The SMILES string of the molecule is CN(C)c1ccc(NC(=O)CSc2n[nH]c(C(C)(C)C)n2)cc1. The van der Waals surface area contributed by atoms with Crippen LogP contribution in [-0.2, 0) is 10.2 Å². The molecule has 0 saturated heterocycles. The van der Waals surface area contributed by atoms with Crippen LogP contribution in [0.15, 0.2) is 29.4 Å². The minimum atomic E-state index is -0.0811. The van der Waals surface area contributed by atoms with Gasteiger partial charge in [-0.25, -0.2) is 4.98 Å². The van der Waals surface area contributed by atoms with E-state index in [1.165, 1.54) is 11.8 Å². The Labute approximate surface area is 141 Å². The largest absolute Gasteiger partial charge is 0.378 e. The van der Waals surface area contributed by atoms with E-state index in [0.29, 0.717) is 5.16 Å². The summed E-state index contributed by atoms with van der Waals surface area (Å²) in [6.07, 6.45) is 0. The normalized spacial score (nSPS) is 11.3. The molecular weight excluding hydrogens is 310 g/mol. The summed E-state index contributed by atoms with van der Waals surface area (Å²) in [5.74, 6) is 1.02. The first-order chi connectivity index (χ1) is 10.8. The highest BCUT2D eigenvalue weighted by atomic mass is 32.2. The molecule has 124 valence electrons. The zero-order chi connectivity index (χ0) is 17.0. The minimum Gasteiger partial charge on any atom is -0.378 e. The molecule has 0 atom stereocenters. The van der Waals surface area contributed by atoms with E-state index in [1.54, 1.807) is 0 Å². The van der Waals surface area contributed by atoms with E-state index in [4.69, 9.17) is 0 Å². The summed E-state index contributed by atoms with van der Waals surface area (Å²) in [6, 6.07) is 7.71. The van der Waals surface area contributed by atoms with Crippen molar-refractivity contribution >= 4 is 29.0 Å². The maximum absolute atomic E-state index is 12.0. The lowest BCUT2D eigenvalue weighted by molar-refractivity contribution is -0.113. The van der Waals surface area contributed by atoms with E-state index in [9.17, 15) is 4.79 Å². The highest BCUT2D eigenvalue weighted by Crippen LogP contribution is 2.21. The quantitative estimate of drug-likeness (QED) is 0.823. The number of benzene rings is 1. The molecule has 2 aromatic rings. The second-order valence-corrected chi connectivity index (χ2v) is 7.44. The van der Waals surface area contributed by atoms with Crippen molar-refractivity contribution in [1.82, 2.24) is 15.2 Å². The maximum Gasteiger partial charge on any atom is 0.234 e. The number of carbonyl (C=O) groups excluding carboxylic acids is 1. The number of thioether (sulfide) groups is 1. The molecule has 1 aromatic carbocycles. The number of H-pyrrole nitrogens is 1. The van der Waals surface area contributed by atoms with E-state index < -0.39 is 0 Å². The summed E-state index contributed by atoms with van der Waals surface area (Å²) in [6.45, 7) is 6.18. The molecule has 0 unspecified atom stereocenters. The van der Waals surface area contributed by atoms with Gasteiger partial charge in [0.15, 0.2) is 0 Å². The molecule has 0 fully saturated rings. The molecule has 0 aliphatic carbocycles. The molecule has 0 aliphatic heterocycles. The summed E-state index contributed by atoms with van der Waals surface area (Å²) in [5, 5.41) is 10.5. The van der Waals surface area contributed by atoms with E-state index in [-0.39, 0.29) is 17.1 Å². The lowest BCUT2D eigenvalue weighted by Crippen LogP contribution is -2.15. The van der Waals surface area contributed by atoms with E-state index in [0.717, 1.165) is 17.2 Å². The number of aromatic amines is 1. The number of nitrogens with one attached hydrogen (secondary N) is 2. The summed E-state index contributed by atoms with van der Waals surface area (Å²) in [7, 11) is 3.96. The van der Waals surface area contributed by atoms with Gasteiger partial charge >= 0.3 is 0 Å². The lowest BCUT2D eigenvalue weighted by atomic mass is 9.96. The Bertz CT molecular complexity index is 658. The van der Waals surface area contributed by atoms with Gasteiger partial charge in [0, 0.05) is 30.9 Å². The average molecular weight is 333 g/mol. The van der Waals surface area contributed by atoms with Gasteiger partial charge in [-0.3, -0.25) is 9.89 Å². The zero-order valence-corrected chi connectivity index (χ0v) is 15.0. The Hall–Kier alpha value is -2.02. The number of nitrogens with zero attached hydrogens (tertiary/aromatic N) is 3. The molecule has 6 nitrogen and oxygen atoms in total. The molecule has 1 amide bonds. The molecule has 2 rings (SSSR count). The van der Waals surface area contributed by atoms with Crippen molar-refractivity contribution in [3.63, 3.8) is 0 Å². The van der Waals surface area contributed by atoms with Crippen molar-refractivity contribution in [2.45, 2.75) is 31.3 Å². The smallest absolute Gasteiger partial charge is 0.234 e. The summed E-state index contributed by atoms with van der Waals surface area (Å²) in [4.78, 5) is 18.4. The third-order valence-electron chi connectivity index (χ3n) is 3.18. The van der Waals surface area contributed by atoms with Crippen molar-refractivity contribution in [3.8, 4) is 0 Å². The molecule has 0 spiro atoms. The van der Waals surface area contributed by atoms with Gasteiger partial charge < -0.3 is 10.2 Å². The van der Waals surface area contributed by atoms with Gasteiger partial charge in [-0.15, -0.1) is 5.10 Å². The minimum absolute atomic E-state index is 0.0743. The van der Waals surface area contributed by atoms with Gasteiger partial charge in [-0.1, -0.05) is 32.5 Å². The zero-order valence-electron chi connectivity index (χ0n) is 14.2. The van der Waals surface area contributed by atoms with Crippen LogP contribution in [-0.4, -0.2) is 40.9 Å². The van der Waals surface area contributed by atoms with Gasteiger partial charge in [-0.05, 0) is 24.3 Å². The molecule has 1 aromatic heterocycles. The first-order valence-electron chi connectivity index (χ1n) is 7.38. The Morgan fingerprint density at radius 2 is 1.91 bits per heavy atom. The lowest BCUT2D eigenvalue weighted by Gasteiger charge is -2.13. The van der Waals surface area contributed by atoms with Crippen molar-refractivity contribution in [1.29, 1.82) is 0 Å². The Morgan fingerprint density at radius 3 is 2.43 bits per heavy atom. The van der Waals surface area contributed by atoms with Crippen molar-refractivity contribution in [3.05, 3.63) is 30.1 Å². The molecule has 0 aliphatic rings. The average Bonchev–Trinajstić information content (AvgIpc) is 2.95. The van der Waals surface area contributed by atoms with E-state index >= 15 is 0 Å². The fourth-order valence-electron chi connectivity index (χ4n) is 1.82. The monoisotopic (exact) mass is 333 g/mol. The third kappa shape index (κ3) is 4.99. The fraction of sp³-hybridized carbons (Fsp3) is 0.438. The van der Waals surface area contributed by atoms with Crippen molar-refractivity contribution < 1.29 is 4.79 Å². The van der Waals surface area contributed by atoms with Crippen LogP contribution in [0.2, 0.25) is 0 Å². The predicted molar refractivity (Wildman–Crippen MR) is 95.2 cm³/mol. The van der Waals surface area contributed by atoms with Gasteiger partial charge in [0.1, 0.15) is 5.82 Å². The standard InChI is InChI=1S/C16H23N5OS/c1-16(2,3)14-18-15(20-19-14)23-10-13(22)17-11-6-8-12(9-7-11)21(4)5/h6-9H,10H2,1-5H3,(H,17,22)(H,18,19,20). The fourth-order valence-corrected chi connectivity index (χ4v) is 2.41. The Balaban J connectivity index is 1.86. The molecule has 0 saturated carbocycles. The second kappa shape index (κ2) is 7.04. The third-order valence-corrected chi connectivity index (χ3v) is 4.02. The number of aromatic nitrogens is 3. The van der Waals surface area contributed by atoms with Crippen LogP contribution in [0, 0.1) is 0 Å². The molecular formula is C16H23N5OS. The molecule has 7 heteroatoms. The highest BCUT2D eigenvalue weighted by Gasteiger charge is 2.19. The van der Waals surface area contributed by atoms with Crippen molar-refractivity contribution in [2.75, 3.05) is 30.1 Å². The molecule has 2 N–H and O–H groups in total. The van der Waals surface area contributed by atoms with Gasteiger partial charge in [0.2, 0.25) is 11.1 Å². The van der Waals surface area contributed by atoms with E-state index in [2.05, 4.69) is 41.3 Å². The Morgan fingerprint density at radius 1 is 1.26 bits per heavy atom. The molecule has 0 radical (unpaired) electrons. The number of anilines is 2. The van der Waals surface area contributed by atoms with E-state index in [1.807, 2.05) is 43.3 Å². The number of rotatable bonds is 5. The summed E-state index contributed by atoms with van der Waals surface area (Å²) >= 11 is 1.32. The first kappa shape index (κ1) is 17.3. The number of amides is 1. The number of hydrogen-bond donors (Lipinski definition) is 2. The summed E-state index contributed by atoms with van der Waals surface area (Å²) < 4.78 is 0. The molecule has 0 bridgehead atoms. The van der Waals surface area contributed by atoms with Crippen LogP contribution in [0.25, 0.3) is 0 Å². The van der Waals surface area contributed by atoms with Crippen LogP contribution in [0.4, 0.5) is 11.4 Å². The highest BCUT2D eigenvalue weighted by molar-refractivity contribution is 7.99. The van der Waals surface area contributed by atoms with Crippen LogP contribution in [0.1, 0.15) is 26.6 Å². The van der Waals surface area contributed by atoms with Crippen LogP contribution in [0.5, 0.6) is 0 Å². The van der Waals surface area contributed by atoms with Crippen molar-refractivity contribution in [2.24, 2.45) is 0 Å². The predicted octanol–water partition coefficient (Wildman–Crippen LogP) is 2.90. The molecule has 23 heavy (non-hydrogen) atoms. The number of carbonyl (C=O) groups is 1. The topological polar surface area (TPSA) is 73.9 Å². The van der Waals surface area contributed by atoms with Crippen LogP contribution in [0.3, 0.4) is 0 Å². The molecule has 1 heterocycles. The van der Waals surface area contributed by atoms with Crippen LogP contribution >= 0.6 is 11.8 Å². The number of hydrogen-bond acceptors (Lipinski definition) is 5. The Kier molecular flexibility index (Phi) is 5.30. The van der Waals surface area contributed by atoms with Crippen LogP contribution < -0.4 is 10.2 Å². The maximum atomic E-state index is 12.0. The van der Waals surface area contributed by atoms with Gasteiger partial charge in [0.25, 0.3) is 0 Å².